The normalized spacial score (nSPS) is 10.5. The first-order chi connectivity index (χ1) is 8.74. The summed E-state index contributed by atoms with van der Waals surface area (Å²) in [5.74, 6) is -0.382. The number of rotatable bonds is 6. The van der Waals surface area contributed by atoms with E-state index in [2.05, 4.69) is 19.3 Å². The van der Waals surface area contributed by atoms with Gasteiger partial charge in [0.15, 0.2) is 0 Å². The molecule has 10 nitrogen and oxygen atoms in total. The lowest BCUT2D eigenvalue weighted by Crippen LogP contribution is -2.27. The number of phosphoric ester groups is 1. The number of methoxy groups -OCH3 is 1. The fourth-order valence-electron chi connectivity index (χ4n) is 0.914. The highest BCUT2D eigenvalue weighted by atomic mass is 31.2. The Balaban J connectivity index is 3.68. The Kier molecular flexibility index (Phi) is 7.73. The molecule has 0 aliphatic carbocycles. The zero-order valence-corrected chi connectivity index (χ0v) is 10.9. The summed E-state index contributed by atoms with van der Waals surface area (Å²) in [6.45, 7) is 0.110. The maximum Gasteiger partial charge on any atom is 0.529 e. The predicted octanol–water partition coefficient (Wildman–Crippen LogP) is 0.285. The number of amides is 1. The lowest BCUT2D eigenvalue weighted by molar-refractivity contribution is -0.140. The van der Waals surface area contributed by atoms with Crippen LogP contribution in [0.25, 0.3) is 0 Å². The number of alkyl carbamates (subject to hydrolysis) is 1. The van der Waals surface area contributed by atoms with Crippen LogP contribution in [0.1, 0.15) is 19.3 Å². The largest absolute Gasteiger partial charge is 0.529 e. The van der Waals surface area contributed by atoms with E-state index in [1.165, 1.54) is 7.11 Å². The molecule has 0 aromatic rings. The minimum absolute atomic E-state index is 0.110. The molecule has 0 aromatic carbocycles. The van der Waals surface area contributed by atoms with E-state index in [0.717, 1.165) is 0 Å². The van der Waals surface area contributed by atoms with Crippen LogP contribution in [0.5, 0.6) is 0 Å². The van der Waals surface area contributed by atoms with Crippen LogP contribution in [0.2, 0.25) is 0 Å². The standard InChI is InChI=1S/C8H14NO9P/c1-16-6(10)4-2-3-5-9-7(11)17-8(12)18-19(13,14)15/h2-5H2,1H3,(H,9,11)(H2,13,14,15). The van der Waals surface area contributed by atoms with E-state index in [4.69, 9.17) is 9.79 Å². The SMILES string of the molecule is COC(=O)CCCCNC(=O)OC(=O)OP(=O)(O)O. The zero-order chi connectivity index (χ0) is 14.9. The van der Waals surface area contributed by atoms with Gasteiger partial charge in [-0.2, -0.15) is 0 Å². The van der Waals surface area contributed by atoms with Crippen LogP contribution in [0.4, 0.5) is 9.59 Å². The van der Waals surface area contributed by atoms with Crippen molar-refractivity contribution in [2.24, 2.45) is 0 Å². The van der Waals surface area contributed by atoms with Crippen LogP contribution in [0, 0.1) is 0 Å². The van der Waals surface area contributed by atoms with E-state index >= 15 is 0 Å². The molecule has 0 saturated carbocycles. The highest BCUT2D eigenvalue weighted by molar-refractivity contribution is 7.46. The molecule has 0 unspecified atom stereocenters. The molecule has 0 aliphatic rings. The summed E-state index contributed by atoms with van der Waals surface area (Å²) in [5, 5.41) is 2.12. The lowest BCUT2D eigenvalue weighted by Gasteiger charge is -2.06. The lowest BCUT2D eigenvalue weighted by atomic mass is 10.2. The fraction of sp³-hybridized carbons (Fsp3) is 0.625. The van der Waals surface area contributed by atoms with E-state index in [1.54, 1.807) is 0 Å². The molecule has 0 rings (SSSR count). The van der Waals surface area contributed by atoms with E-state index in [9.17, 15) is 18.9 Å². The van der Waals surface area contributed by atoms with Gasteiger partial charge in [-0.3, -0.25) is 14.6 Å². The van der Waals surface area contributed by atoms with Gasteiger partial charge in [0.05, 0.1) is 7.11 Å². The number of nitrogens with one attached hydrogen (secondary N) is 1. The molecule has 0 atom stereocenters. The van der Waals surface area contributed by atoms with Crippen molar-refractivity contribution in [1.29, 1.82) is 0 Å². The van der Waals surface area contributed by atoms with E-state index < -0.39 is 20.1 Å². The third-order valence-electron chi connectivity index (χ3n) is 1.67. The molecule has 11 heteroatoms. The second kappa shape index (κ2) is 8.46. The number of unbranched alkanes of at least 4 members (excludes halogenated alkanes) is 1. The number of hydrogen-bond donors (Lipinski definition) is 3. The second-order valence-electron chi connectivity index (χ2n) is 3.18. The Morgan fingerprint density at radius 3 is 2.37 bits per heavy atom. The van der Waals surface area contributed by atoms with Crippen molar-refractivity contribution >= 4 is 26.0 Å². The van der Waals surface area contributed by atoms with Crippen LogP contribution >= 0.6 is 7.82 Å². The molecule has 0 bridgehead atoms. The van der Waals surface area contributed by atoms with Gasteiger partial charge in [-0.1, -0.05) is 0 Å². The van der Waals surface area contributed by atoms with Gasteiger partial charge in [0.1, 0.15) is 0 Å². The third-order valence-corrected chi connectivity index (χ3v) is 2.06. The first kappa shape index (κ1) is 17.4. The van der Waals surface area contributed by atoms with Crippen molar-refractivity contribution in [3.05, 3.63) is 0 Å². The van der Waals surface area contributed by atoms with Gasteiger partial charge in [-0.15, -0.1) is 0 Å². The van der Waals surface area contributed by atoms with Crippen molar-refractivity contribution in [3.8, 4) is 0 Å². The van der Waals surface area contributed by atoms with Gasteiger partial charge in [0.25, 0.3) is 0 Å². The summed E-state index contributed by atoms with van der Waals surface area (Å²) in [5.41, 5.74) is 0. The van der Waals surface area contributed by atoms with Crippen LogP contribution in [0.3, 0.4) is 0 Å². The summed E-state index contributed by atoms with van der Waals surface area (Å²) in [4.78, 5) is 48.7. The molecule has 0 radical (unpaired) electrons. The average Bonchev–Trinajstić information content (AvgIpc) is 2.25. The second-order valence-corrected chi connectivity index (χ2v) is 4.35. The first-order valence-electron chi connectivity index (χ1n) is 5.06. The molecule has 0 aromatic heterocycles. The van der Waals surface area contributed by atoms with E-state index in [0.29, 0.717) is 12.8 Å². The highest BCUT2D eigenvalue weighted by Crippen LogP contribution is 2.36. The number of ether oxygens (including phenoxy) is 2. The van der Waals surface area contributed by atoms with Crippen molar-refractivity contribution in [1.82, 2.24) is 5.32 Å². The minimum Gasteiger partial charge on any atom is -0.469 e. The minimum atomic E-state index is -5.04. The number of carbonyl (C=O) groups is 3. The highest BCUT2D eigenvalue weighted by Gasteiger charge is 2.23. The van der Waals surface area contributed by atoms with Gasteiger partial charge in [0, 0.05) is 13.0 Å². The number of phosphoric acid groups is 1. The Hall–Kier alpha value is -1.64. The molecular weight excluding hydrogens is 285 g/mol. The summed E-state index contributed by atoms with van der Waals surface area (Å²) >= 11 is 0. The molecule has 3 N–H and O–H groups in total. The molecule has 0 fully saturated rings. The number of hydrogen-bond acceptors (Lipinski definition) is 7. The van der Waals surface area contributed by atoms with E-state index in [-0.39, 0.29) is 18.9 Å². The summed E-state index contributed by atoms with van der Waals surface area (Å²) in [6, 6.07) is 0. The third kappa shape index (κ3) is 11.2. The molecule has 0 heterocycles. The van der Waals surface area contributed by atoms with E-state index in [1.807, 2.05) is 0 Å². The monoisotopic (exact) mass is 299 g/mol. The molecular formula is C8H14NO9P. The van der Waals surface area contributed by atoms with Gasteiger partial charge >= 0.3 is 26.0 Å². The number of esters is 1. The van der Waals surface area contributed by atoms with Crippen LogP contribution in [-0.2, 0) is 23.4 Å². The average molecular weight is 299 g/mol. The Morgan fingerprint density at radius 1 is 1.21 bits per heavy atom. The zero-order valence-electron chi connectivity index (χ0n) is 10.0. The quantitative estimate of drug-likeness (QED) is 0.272. The molecule has 19 heavy (non-hydrogen) atoms. The van der Waals surface area contributed by atoms with Crippen molar-refractivity contribution in [3.63, 3.8) is 0 Å². The topological polar surface area (TPSA) is 148 Å². The Bertz CT molecular complexity index is 376. The molecule has 0 spiro atoms. The predicted molar refractivity (Wildman–Crippen MR) is 58.9 cm³/mol. The molecule has 110 valence electrons. The maximum absolute atomic E-state index is 10.9. The van der Waals surface area contributed by atoms with Crippen molar-refractivity contribution < 1.29 is 42.7 Å². The molecule has 1 amide bonds. The fourth-order valence-corrected chi connectivity index (χ4v) is 1.15. The first-order valence-corrected chi connectivity index (χ1v) is 6.59. The maximum atomic E-state index is 10.9. The van der Waals surface area contributed by atoms with Crippen LogP contribution in [0.15, 0.2) is 0 Å². The molecule has 0 saturated heterocycles. The Morgan fingerprint density at radius 2 is 1.84 bits per heavy atom. The summed E-state index contributed by atoms with van der Waals surface area (Å²) in [6.07, 6.45) is -1.94. The van der Waals surface area contributed by atoms with Crippen molar-refractivity contribution in [2.45, 2.75) is 19.3 Å². The van der Waals surface area contributed by atoms with Crippen LogP contribution < -0.4 is 5.32 Å². The van der Waals surface area contributed by atoms with Gasteiger partial charge in [0.2, 0.25) is 0 Å². The van der Waals surface area contributed by atoms with Gasteiger partial charge in [-0.05, 0) is 12.8 Å². The number of carbonyl (C=O) groups excluding carboxylic acids is 3. The van der Waals surface area contributed by atoms with Crippen molar-refractivity contribution in [2.75, 3.05) is 13.7 Å². The van der Waals surface area contributed by atoms with Gasteiger partial charge < -0.3 is 19.3 Å². The summed E-state index contributed by atoms with van der Waals surface area (Å²) in [7, 11) is -3.78. The molecule has 0 aliphatic heterocycles. The van der Waals surface area contributed by atoms with Gasteiger partial charge in [-0.25, -0.2) is 14.2 Å². The smallest absolute Gasteiger partial charge is 0.469 e. The van der Waals surface area contributed by atoms with Crippen LogP contribution in [-0.4, -0.2) is 41.7 Å². The summed E-state index contributed by atoms with van der Waals surface area (Å²) < 4.78 is 21.9. The Labute approximate surface area is 108 Å².